The highest BCUT2D eigenvalue weighted by Crippen LogP contribution is 2.32. The van der Waals surface area contributed by atoms with Gasteiger partial charge in [-0.3, -0.25) is 14.0 Å². The van der Waals surface area contributed by atoms with Gasteiger partial charge >= 0.3 is 0 Å². The highest BCUT2D eigenvalue weighted by atomic mass is 32.1. The molecule has 11 heteroatoms. The Bertz CT molecular complexity index is 1480. The van der Waals surface area contributed by atoms with Gasteiger partial charge in [-0.15, -0.1) is 0 Å². The van der Waals surface area contributed by atoms with Gasteiger partial charge in [-0.2, -0.15) is 0 Å². The lowest BCUT2D eigenvalue weighted by Crippen LogP contribution is -2.41. The molecule has 2 amide bonds. The van der Waals surface area contributed by atoms with E-state index >= 15 is 0 Å². The van der Waals surface area contributed by atoms with E-state index in [-0.39, 0.29) is 24.0 Å². The number of nitrogens with one attached hydrogen (secondary N) is 2. The van der Waals surface area contributed by atoms with Gasteiger partial charge in [0, 0.05) is 36.6 Å². The topological polar surface area (TPSA) is 114 Å². The molecule has 2 unspecified atom stereocenters. The lowest BCUT2D eigenvalue weighted by atomic mass is 10.0. The maximum atomic E-state index is 12.9. The molecule has 0 aliphatic carbocycles. The molecule has 6 heterocycles. The smallest absolute Gasteiger partial charge is 0.266 e. The van der Waals surface area contributed by atoms with Gasteiger partial charge in [0.1, 0.15) is 4.88 Å². The summed E-state index contributed by atoms with van der Waals surface area (Å²) in [5.41, 5.74) is 4.13. The molecule has 4 aromatic rings. The summed E-state index contributed by atoms with van der Waals surface area (Å²) in [7, 11) is 0. The second-order valence-electron chi connectivity index (χ2n) is 8.62. The molecule has 3 aliphatic rings. The first-order valence-corrected chi connectivity index (χ1v) is 11.8. The van der Waals surface area contributed by atoms with Gasteiger partial charge in [0.05, 0.1) is 36.8 Å². The van der Waals surface area contributed by atoms with Crippen LogP contribution in [0.25, 0.3) is 16.9 Å². The first-order chi connectivity index (χ1) is 16.6. The maximum absolute atomic E-state index is 12.9. The molecule has 10 nitrogen and oxygen atoms in total. The standard InChI is InChI=1S/C23H19N7O3S/c31-21-16-2-1-12(5-13(16)7-26-21)17-8-25-19(20-24-3-4-29(17)20)28-23-27-9-18(34-23)22(32)30-10-15-6-14(30)11-33-15/h1-5,8-9,14-15H,6-7,10-11H2,(H,26,31)(H,25,27,28). The minimum Gasteiger partial charge on any atom is -0.374 e. The second kappa shape index (κ2) is 7.34. The van der Waals surface area contributed by atoms with Crippen molar-refractivity contribution in [1.82, 2.24) is 29.6 Å². The van der Waals surface area contributed by atoms with Crippen LogP contribution in [0.3, 0.4) is 0 Å². The number of thiazole rings is 1. The second-order valence-corrected chi connectivity index (χ2v) is 9.66. The molecule has 2 bridgehead atoms. The summed E-state index contributed by atoms with van der Waals surface area (Å²) in [6.07, 6.45) is 8.04. The van der Waals surface area contributed by atoms with Gasteiger partial charge < -0.3 is 20.3 Å². The fraction of sp³-hybridized carbons (Fsp3) is 0.261. The van der Waals surface area contributed by atoms with Crippen molar-refractivity contribution in [3.05, 3.63) is 59.0 Å². The molecule has 3 aromatic heterocycles. The number of fused-ring (bicyclic) bond motifs is 4. The molecule has 0 saturated carbocycles. The van der Waals surface area contributed by atoms with E-state index in [1.807, 2.05) is 33.7 Å². The highest BCUT2D eigenvalue weighted by Gasteiger charge is 2.42. The third kappa shape index (κ3) is 3.01. The van der Waals surface area contributed by atoms with Crippen LogP contribution in [0.15, 0.2) is 43.0 Å². The molecule has 2 atom stereocenters. The predicted molar refractivity (Wildman–Crippen MR) is 124 cm³/mol. The predicted octanol–water partition coefficient (Wildman–Crippen LogP) is 2.45. The molecule has 7 rings (SSSR count). The molecule has 1 aromatic carbocycles. The number of benzene rings is 1. The zero-order chi connectivity index (χ0) is 22.8. The molecule has 34 heavy (non-hydrogen) atoms. The van der Waals surface area contributed by atoms with Gasteiger partial charge in [-0.05, 0) is 24.1 Å². The summed E-state index contributed by atoms with van der Waals surface area (Å²) >= 11 is 1.31. The minimum atomic E-state index is -0.0427. The number of rotatable bonds is 4. The van der Waals surface area contributed by atoms with Crippen LogP contribution < -0.4 is 10.6 Å². The summed E-state index contributed by atoms with van der Waals surface area (Å²) < 4.78 is 7.55. The molecule has 2 fully saturated rings. The number of ether oxygens (including phenoxy) is 1. The lowest BCUT2D eigenvalue weighted by Gasteiger charge is -2.26. The number of morpholine rings is 1. The number of hydrogen-bond acceptors (Lipinski definition) is 8. The summed E-state index contributed by atoms with van der Waals surface area (Å²) in [5, 5.41) is 6.65. The third-order valence-corrected chi connectivity index (χ3v) is 7.52. The quantitative estimate of drug-likeness (QED) is 0.468. The van der Waals surface area contributed by atoms with Gasteiger partial charge in [0.15, 0.2) is 16.6 Å². The van der Waals surface area contributed by atoms with E-state index in [1.165, 1.54) is 11.3 Å². The largest absolute Gasteiger partial charge is 0.374 e. The SMILES string of the molecule is O=C1NCc2cc(-c3cnc(Nc4ncc(C(=O)N5CC6CC5CO6)s4)c4nccn34)ccc21. The van der Waals surface area contributed by atoms with E-state index in [2.05, 4.69) is 25.6 Å². The number of likely N-dealkylation sites (tertiary alicyclic amines) is 1. The van der Waals surface area contributed by atoms with Crippen LogP contribution in [0.1, 0.15) is 32.0 Å². The fourth-order valence-electron chi connectivity index (χ4n) is 4.93. The normalized spacial score (nSPS) is 20.7. The fourth-order valence-corrected chi connectivity index (χ4v) is 5.71. The van der Waals surface area contributed by atoms with Crippen LogP contribution in [0.2, 0.25) is 0 Å². The van der Waals surface area contributed by atoms with E-state index in [9.17, 15) is 9.59 Å². The molecule has 2 N–H and O–H groups in total. The van der Waals surface area contributed by atoms with Crippen LogP contribution in [0.4, 0.5) is 10.9 Å². The highest BCUT2D eigenvalue weighted by molar-refractivity contribution is 7.17. The maximum Gasteiger partial charge on any atom is 0.266 e. The Labute approximate surface area is 197 Å². The molecule has 0 spiro atoms. The van der Waals surface area contributed by atoms with Gasteiger partial charge in [-0.25, -0.2) is 15.0 Å². The number of imidazole rings is 1. The van der Waals surface area contributed by atoms with Gasteiger partial charge in [0.25, 0.3) is 11.8 Å². The first-order valence-electron chi connectivity index (χ1n) is 11.0. The number of amides is 2. The Morgan fingerprint density at radius 2 is 2.18 bits per heavy atom. The minimum absolute atomic E-state index is 0.000182. The summed E-state index contributed by atoms with van der Waals surface area (Å²) in [6.45, 7) is 1.79. The number of nitrogens with zero attached hydrogens (tertiary/aromatic N) is 5. The number of carbonyl (C=O) groups excluding carboxylic acids is 2. The van der Waals surface area contributed by atoms with Crippen molar-refractivity contribution in [1.29, 1.82) is 0 Å². The van der Waals surface area contributed by atoms with Crippen LogP contribution in [-0.2, 0) is 11.3 Å². The van der Waals surface area contributed by atoms with Crippen molar-refractivity contribution >= 4 is 39.7 Å². The van der Waals surface area contributed by atoms with Crippen molar-refractivity contribution in [2.45, 2.75) is 25.1 Å². The number of hydrogen-bond donors (Lipinski definition) is 2. The van der Waals surface area contributed by atoms with Crippen molar-refractivity contribution in [3.8, 4) is 11.3 Å². The Kier molecular flexibility index (Phi) is 4.23. The van der Waals surface area contributed by atoms with Gasteiger partial charge in [0.2, 0.25) is 0 Å². The average Bonchev–Trinajstić information content (AvgIpc) is 3.68. The number of carbonyl (C=O) groups is 2. The van der Waals surface area contributed by atoms with E-state index in [4.69, 9.17) is 4.74 Å². The van der Waals surface area contributed by atoms with Crippen LogP contribution in [0, 0.1) is 0 Å². The zero-order valence-electron chi connectivity index (χ0n) is 17.9. The Hall–Kier alpha value is -3.83. The Morgan fingerprint density at radius 3 is 3.03 bits per heavy atom. The summed E-state index contributed by atoms with van der Waals surface area (Å²) in [4.78, 5) is 40.8. The number of aromatic nitrogens is 4. The first kappa shape index (κ1) is 19.6. The van der Waals surface area contributed by atoms with Crippen LogP contribution in [0.5, 0.6) is 0 Å². The molecule has 170 valence electrons. The molecule has 0 radical (unpaired) electrons. The lowest BCUT2D eigenvalue weighted by molar-refractivity contribution is 0.0262. The van der Waals surface area contributed by atoms with Crippen molar-refractivity contribution in [2.24, 2.45) is 0 Å². The summed E-state index contributed by atoms with van der Waals surface area (Å²) in [5.74, 6) is 0.507. The summed E-state index contributed by atoms with van der Waals surface area (Å²) in [6, 6.07) is 5.94. The van der Waals surface area contributed by atoms with E-state index < -0.39 is 0 Å². The van der Waals surface area contributed by atoms with E-state index in [0.29, 0.717) is 46.7 Å². The molecule has 2 saturated heterocycles. The van der Waals surface area contributed by atoms with E-state index in [0.717, 1.165) is 23.2 Å². The Balaban J connectivity index is 1.16. The van der Waals surface area contributed by atoms with Crippen molar-refractivity contribution < 1.29 is 14.3 Å². The average molecular weight is 474 g/mol. The number of anilines is 2. The molecular weight excluding hydrogens is 454 g/mol. The monoisotopic (exact) mass is 473 g/mol. The molecule has 3 aliphatic heterocycles. The third-order valence-electron chi connectivity index (χ3n) is 6.62. The van der Waals surface area contributed by atoms with E-state index in [1.54, 1.807) is 18.6 Å². The van der Waals surface area contributed by atoms with Crippen molar-refractivity contribution in [2.75, 3.05) is 18.5 Å². The zero-order valence-corrected chi connectivity index (χ0v) is 18.7. The van der Waals surface area contributed by atoms with Crippen LogP contribution in [-0.4, -0.2) is 61.4 Å². The van der Waals surface area contributed by atoms with Gasteiger partial charge in [-0.1, -0.05) is 17.4 Å². The Morgan fingerprint density at radius 1 is 1.24 bits per heavy atom. The molecular formula is C23H19N7O3S. The van der Waals surface area contributed by atoms with Crippen molar-refractivity contribution in [3.63, 3.8) is 0 Å². The van der Waals surface area contributed by atoms with Crippen LogP contribution >= 0.6 is 11.3 Å².